The van der Waals surface area contributed by atoms with Crippen LogP contribution in [0.3, 0.4) is 0 Å². The fourth-order valence-electron chi connectivity index (χ4n) is 4.81. The number of thiophene rings is 1. The smallest absolute Gasteiger partial charge is 0.248 e. The van der Waals surface area contributed by atoms with E-state index in [0.717, 1.165) is 31.6 Å². The zero-order chi connectivity index (χ0) is 24.4. The fourth-order valence-corrected chi connectivity index (χ4v) is 6.18. The van der Waals surface area contributed by atoms with E-state index in [2.05, 4.69) is 12.8 Å². The van der Waals surface area contributed by atoms with Crippen LogP contribution in [0.5, 0.6) is 5.88 Å². The molecule has 9 heteroatoms. The first kappa shape index (κ1) is 24.3. The summed E-state index contributed by atoms with van der Waals surface area (Å²) in [6.45, 7) is 2.03. The molecule has 35 heavy (non-hydrogen) atoms. The summed E-state index contributed by atoms with van der Waals surface area (Å²) in [5.41, 5.74) is 0.650. The lowest BCUT2D eigenvalue weighted by Gasteiger charge is -2.45. The van der Waals surface area contributed by atoms with Gasteiger partial charge in [0, 0.05) is 30.7 Å². The van der Waals surface area contributed by atoms with Crippen molar-refractivity contribution in [2.45, 2.75) is 30.7 Å². The van der Waals surface area contributed by atoms with Crippen molar-refractivity contribution in [1.82, 2.24) is 9.29 Å². The van der Waals surface area contributed by atoms with Gasteiger partial charge in [0.15, 0.2) is 5.78 Å². The first-order valence-corrected chi connectivity index (χ1v) is 13.2. The summed E-state index contributed by atoms with van der Waals surface area (Å²) < 4.78 is 12.8. The van der Waals surface area contributed by atoms with Crippen molar-refractivity contribution < 1.29 is 19.1 Å². The molecule has 0 bridgehead atoms. The molecule has 6 nitrogen and oxygen atoms in total. The molecule has 182 valence electrons. The van der Waals surface area contributed by atoms with Gasteiger partial charge in [-0.15, -0.1) is 0 Å². The lowest BCUT2D eigenvalue weighted by Crippen LogP contribution is -2.54. The van der Waals surface area contributed by atoms with Crippen LogP contribution in [0.2, 0.25) is 5.02 Å². The highest BCUT2D eigenvalue weighted by atomic mass is 35.5. The number of hydrogen-bond acceptors (Lipinski definition) is 7. The van der Waals surface area contributed by atoms with Gasteiger partial charge < -0.3 is 9.47 Å². The van der Waals surface area contributed by atoms with Crippen molar-refractivity contribution in [3.05, 3.63) is 81.1 Å². The van der Waals surface area contributed by atoms with E-state index in [-0.39, 0.29) is 12.2 Å². The van der Waals surface area contributed by atoms with E-state index in [1.54, 1.807) is 30.3 Å². The van der Waals surface area contributed by atoms with Crippen molar-refractivity contribution in [2.24, 2.45) is 5.92 Å². The summed E-state index contributed by atoms with van der Waals surface area (Å²) in [7, 11) is 0. The van der Waals surface area contributed by atoms with Crippen LogP contribution in [-0.2, 0) is 19.9 Å². The molecule has 1 aromatic carbocycles. The Morgan fingerprint density at radius 2 is 1.94 bits per heavy atom. The molecular weight excluding hydrogens is 504 g/mol. The Morgan fingerprint density at radius 1 is 1.14 bits per heavy atom. The van der Waals surface area contributed by atoms with Crippen molar-refractivity contribution in [3.8, 4) is 5.88 Å². The number of nitrogens with zero attached hydrogens (tertiary/aromatic N) is 2. The molecule has 2 atom stereocenters. The van der Waals surface area contributed by atoms with E-state index in [4.69, 9.17) is 26.1 Å². The second kappa shape index (κ2) is 10.3. The number of Topliss-reactive ketones (excluding diaryl/α,β-unsaturated/α-hetero) is 1. The molecule has 5 rings (SSSR count). The lowest BCUT2D eigenvalue weighted by molar-refractivity contribution is -0.142. The number of thiol groups is 1. The van der Waals surface area contributed by atoms with Crippen molar-refractivity contribution in [1.29, 1.82) is 0 Å². The highest BCUT2D eigenvalue weighted by molar-refractivity contribution is 7.78. The number of rotatable bonds is 6. The largest absolute Gasteiger partial charge is 0.477 e. The minimum atomic E-state index is -1.16. The van der Waals surface area contributed by atoms with E-state index >= 15 is 0 Å². The third-order valence-electron chi connectivity index (χ3n) is 6.74. The van der Waals surface area contributed by atoms with Crippen LogP contribution in [-0.4, -0.2) is 40.8 Å². The maximum Gasteiger partial charge on any atom is 0.248 e. The number of pyridine rings is 1. The first-order valence-electron chi connectivity index (χ1n) is 11.5. The van der Waals surface area contributed by atoms with Gasteiger partial charge in [-0.2, -0.15) is 11.3 Å². The summed E-state index contributed by atoms with van der Waals surface area (Å²) in [5.74, 6) is -0.802. The van der Waals surface area contributed by atoms with E-state index in [9.17, 15) is 9.59 Å². The SMILES string of the molecule is O=C1CC(c2ccsc2)(c2cccc(OCC3CCOCC3)n2)N(S)C(=O)C1c1ccccc1Cl. The maximum atomic E-state index is 13.7. The molecular formula is C26H25ClN2O4S2. The summed E-state index contributed by atoms with van der Waals surface area (Å²) >= 11 is 12.5. The number of piperidine rings is 1. The molecule has 2 saturated heterocycles. The number of hydrogen-bond donors (Lipinski definition) is 1. The van der Waals surface area contributed by atoms with Crippen LogP contribution in [0.1, 0.15) is 42.0 Å². The molecule has 0 aliphatic carbocycles. The van der Waals surface area contributed by atoms with E-state index < -0.39 is 17.4 Å². The number of halogens is 1. The first-order chi connectivity index (χ1) is 17.0. The van der Waals surface area contributed by atoms with Crippen molar-refractivity contribution in [3.63, 3.8) is 0 Å². The van der Waals surface area contributed by atoms with Crippen LogP contribution >= 0.6 is 35.8 Å². The van der Waals surface area contributed by atoms with Crippen LogP contribution < -0.4 is 4.74 Å². The van der Waals surface area contributed by atoms with Gasteiger partial charge in [0.05, 0.1) is 12.3 Å². The van der Waals surface area contributed by atoms with Crippen LogP contribution in [0, 0.1) is 5.92 Å². The number of carbonyl (C=O) groups is 2. The highest BCUT2D eigenvalue weighted by Gasteiger charge is 2.53. The molecule has 2 aliphatic rings. The van der Waals surface area contributed by atoms with Crippen LogP contribution in [0.15, 0.2) is 59.3 Å². The number of carbonyl (C=O) groups excluding carboxylic acids is 2. The Morgan fingerprint density at radius 3 is 2.69 bits per heavy atom. The third kappa shape index (κ3) is 4.60. The quantitative estimate of drug-likeness (QED) is 0.348. The topological polar surface area (TPSA) is 68.7 Å². The summed E-state index contributed by atoms with van der Waals surface area (Å²) in [6, 6.07) is 14.3. The Kier molecular flexibility index (Phi) is 7.16. The predicted molar refractivity (Wildman–Crippen MR) is 138 cm³/mol. The second-order valence-electron chi connectivity index (χ2n) is 8.85. The molecule has 4 heterocycles. The van der Waals surface area contributed by atoms with Gasteiger partial charge in [-0.25, -0.2) is 4.98 Å². The predicted octanol–water partition coefficient (Wildman–Crippen LogP) is 5.28. The average molecular weight is 529 g/mol. The average Bonchev–Trinajstić information content (AvgIpc) is 3.42. The molecule has 0 radical (unpaired) electrons. The Labute approximate surface area is 218 Å². The third-order valence-corrected chi connectivity index (χ3v) is 8.31. The Hall–Kier alpha value is -2.39. The molecule has 2 aromatic heterocycles. The molecule has 3 aromatic rings. The summed E-state index contributed by atoms with van der Waals surface area (Å²) in [5, 5.41) is 4.22. The van der Waals surface area contributed by atoms with Gasteiger partial charge >= 0.3 is 0 Å². The monoisotopic (exact) mass is 528 g/mol. The highest BCUT2D eigenvalue weighted by Crippen LogP contribution is 2.48. The molecule has 2 aliphatic heterocycles. The normalized spacial score (nSPS) is 23.5. The van der Waals surface area contributed by atoms with E-state index in [0.29, 0.717) is 34.7 Å². The van der Waals surface area contributed by atoms with Gasteiger partial charge in [-0.1, -0.05) is 48.7 Å². The van der Waals surface area contributed by atoms with Crippen molar-refractivity contribution in [2.75, 3.05) is 19.8 Å². The molecule has 0 N–H and O–H groups in total. The van der Waals surface area contributed by atoms with Gasteiger partial charge in [-0.3, -0.25) is 13.9 Å². The molecule has 2 fully saturated rings. The van der Waals surface area contributed by atoms with E-state index in [1.807, 2.05) is 29.0 Å². The van der Waals surface area contributed by atoms with Gasteiger partial charge in [-0.05, 0) is 58.8 Å². The molecule has 1 amide bonds. The lowest BCUT2D eigenvalue weighted by atomic mass is 9.75. The number of ether oxygens (including phenoxy) is 2. The Bertz CT molecular complexity index is 1220. The van der Waals surface area contributed by atoms with Crippen molar-refractivity contribution >= 4 is 47.4 Å². The number of aromatic nitrogens is 1. The van der Waals surface area contributed by atoms with Gasteiger partial charge in [0.1, 0.15) is 11.5 Å². The van der Waals surface area contributed by atoms with Gasteiger partial charge in [0.25, 0.3) is 0 Å². The number of ketones is 1. The standard InChI is InChI=1S/C26H25ClN2O4S2/c27-20-5-2-1-4-19(20)24-21(30)14-26(29(34)25(24)31,18-10-13-35-16-18)22-6-3-7-23(28-22)33-15-17-8-11-32-12-9-17/h1-7,10,13,16-17,24,34H,8-9,11-12,14-15H2. The zero-order valence-electron chi connectivity index (χ0n) is 18.9. The van der Waals surface area contributed by atoms with E-state index in [1.165, 1.54) is 15.6 Å². The fraction of sp³-hybridized carbons (Fsp3) is 0.346. The minimum Gasteiger partial charge on any atom is -0.477 e. The molecule has 2 unspecified atom stereocenters. The maximum absolute atomic E-state index is 13.7. The van der Waals surface area contributed by atoms with Gasteiger partial charge in [0.2, 0.25) is 11.8 Å². The van der Waals surface area contributed by atoms with Crippen LogP contribution in [0.25, 0.3) is 0 Å². The Balaban J connectivity index is 1.50. The van der Waals surface area contributed by atoms with Crippen LogP contribution in [0.4, 0.5) is 0 Å². The minimum absolute atomic E-state index is 0.0191. The summed E-state index contributed by atoms with van der Waals surface area (Å²) in [6.07, 6.45) is 1.93. The number of amides is 1. The molecule has 0 spiro atoms. The number of benzene rings is 1. The molecule has 0 saturated carbocycles. The second-order valence-corrected chi connectivity index (χ2v) is 10.4. The zero-order valence-corrected chi connectivity index (χ0v) is 21.4. The summed E-state index contributed by atoms with van der Waals surface area (Å²) in [4.78, 5) is 32.1.